The molecule has 0 saturated heterocycles. The van der Waals surface area contributed by atoms with Crippen LogP contribution in [-0.2, 0) is 0 Å². The van der Waals surface area contributed by atoms with Gasteiger partial charge in [0, 0.05) is 6.54 Å². The lowest BCUT2D eigenvalue weighted by Gasteiger charge is -2.14. The molecule has 13 heavy (non-hydrogen) atoms. The Morgan fingerprint density at radius 2 is 1.54 bits per heavy atom. The fourth-order valence-corrected chi connectivity index (χ4v) is 2.05. The Morgan fingerprint density at radius 3 is 2.15 bits per heavy atom. The second-order valence-corrected chi connectivity index (χ2v) is 6.03. The minimum absolute atomic E-state index is 0.144. The molecular weight excluding hydrogens is 178 g/mol. The Labute approximate surface area is 87.2 Å². The first kappa shape index (κ1) is 13.3. The highest BCUT2D eigenvalue weighted by Gasteiger charge is 1.92. The average molecular weight is 205 g/mol. The van der Waals surface area contributed by atoms with Gasteiger partial charge in [0.05, 0.1) is 0 Å². The summed E-state index contributed by atoms with van der Waals surface area (Å²) < 4.78 is 3.59. The number of nitrogens with one attached hydrogen (secondary N) is 1. The third-order valence-electron chi connectivity index (χ3n) is 2.39. The number of thiol groups is 1. The molecule has 0 aliphatic rings. The van der Waals surface area contributed by atoms with Gasteiger partial charge in [0.1, 0.15) is 0 Å². The number of unbranched alkanes of at least 4 members (excludes halogenated alkanes) is 5. The second kappa shape index (κ2) is 10.4. The van der Waals surface area contributed by atoms with Crippen molar-refractivity contribution in [2.45, 2.75) is 52.4 Å². The van der Waals surface area contributed by atoms with Crippen molar-refractivity contribution in [3.05, 3.63) is 0 Å². The molecule has 0 aromatic heterocycles. The van der Waals surface area contributed by atoms with Crippen molar-refractivity contribution in [2.75, 3.05) is 18.6 Å². The van der Waals surface area contributed by atoms with E-state index in [1.54, 1.807) is 0 Å². The molecule has 0 fully saturated rings. The van der Waals surface area contributed by atoms with Crippen LogP contribution in [0.25, 0.3) is 0 Å². The zero-order chi connectivity index (χ0) is 9.94. The number of rotatable bonds is 9. The minimum Gasteiger partial charge on any atom is -0.284 e. The van der Waals surface area contributed by atoms with E-state index in [0.717, 1.165) is 0 Å². The highest BCUT2D eigenvalue weighted by atomic mass is 32.2. The van der Waals surface area contributed by atoms with E-state index in [2.05, 4.69) is 24.8 Å². The van der Waals surface area contributed by atoms with E-state index in [4.69, 9.17) is 0 Å². The van der Waals surface area contributed by atoms with E-state index in [9.17, 15) is 0 Å². The van der Waals surface area contributed by atoms with Crippen molar-refractivity contribution >= 4 is 11.1 Å². The van der Waals surface area contributed by atoms with Gasteiger partial charge in [0.25, 0.3) is 0 Å². The van der Waals surface area contributed by atoms with Crippen LogP contribution >= 0.6 is 11.1 Å². The first-order valence-electron chi connectivity index (χ1n) is 5.75. The highest BCUT2D eigenvalue weighted by Crippen LogP contribution is 2.12. The minimum atomic E-state index is 0.144. The molecule has 0 aromatic carbocycles. The van der Waals surface area contributed by atoms with E-state index >= 15 is 0 Å². The van der Waals surface area contributed by atoms with Crippen LogP contribution < -0.4 is 4.72 Å². The molecule has 1 atom stereocenters. The quantitative estimate of drug-likeness (QED) is 0.434. The van der Waals surface area contributed by atoms with Gasteiger partial charge >= 0.3 is 0 Å². The number of hydrogen-bond acceptors (Lipinski definition) is 1. The standard InChI is InChI=1S/C11H27NS/c1-4-6-7-8-9-10-11-12-13(3)5-2/h12-13H,4-11H2,1-3H3. The summed E-state index contributed by atoms with van der Waals surface area (Å²) >= 11 is 0.144. The largest absolute Gasteiger partial charge is 0.284 e. The molecule has 2 heteroatoms. The molecule has 0 aliphatic carbocycles. The lowest BCUT2D eigenvalue weighted by molar-refractivity contribution is 0.606. The molecule has 1 N–H and O–H groups in total. The Kier molecular flexibility index (Phi) is 10.6. The van der Waals surface area contributed by atoms with Crippen molar-refractivity contribution in [1.29, 1.82) is 0 Å². The van der Waals surface area contributed by atoms with Gasteiger partial charge in [-0.05, 0) is 18.4 Å². The molecule has 0 aromatic rings. The van der Waals surface area contributed by atoms with Crippen LogP contribution in [-0.4, -0.2) is 18.6 Å². The summed E-state index contributed by atoms with van der Waals surface area (Å²) in [6, 6.07) is 0. The summed E-state index contributed by atoms with van der Waals surface area (Å²) in [6.45, 7) is 5.77. The molecule has 0 saturated carbocycles. The first-order chi connectivity index (χ1) is 6.31. The Balaban J connectivity index is 2.91. The summed E-state index contributed by atoms with van der Waals surface area (Å²) in [5, 5.41) is 0. The van der Waals surface area contributed by atoms with Crippen molar-refractivity contribution < 1.29 is 0 Å². The van der Waals surface area contributed by atoms with Gasteiger partial charge in [-0.15, -0.1) is 0 Å². The number of hydrogen-bond donors (Lipinski definition) is 2. The van der Waals surface area contributed by atoms with Crippen molar-refractivity contribution in [2.24, 2.45) is 0 Å². The maximum Gasteiger partial charge on any atom is 0.00411 e. The van der Waals surface area contributed by atoms with Gasteiger partial charge in [-0.1, -0.05) is 46.0 Å². The van der Waals surface area contributed by atoms with Gasteiger partial charge in [0.2, 0.25) is 0 Å². The summed E-state index contributed by atoms with van der Waals surface area (Å²) in [7, 11) is 0. The Morgan fingerprint density at radius 1 is 0.923 bits per heavy atom. The molecular formula is C11H27NS. The van der Waals surface area contributed by atoms with E-state index in [1.165, 1.54) is 50.8 Å². The molecule has 0 amide bonds. The van der Waals surface area contributed by atoms with Crippen LogP contribution in [0.3, 0.4) is 0 Å². The molecule has 1 unspecified atom stereocenters. The normalized spacial score (nSPS) is 14.5. The maximum atomic E-state index is 3.59. The summed E-state index contributed by atoms with van der Waals surface area (Å²) in [5.41, 5.74) is 0. The zero-order valence-corrected chi connectivity index (χ0v) is 10.5. The molecule has 0 radical (unpaired) electrons. The van der Waals surface area contributed by atoms with Crippen LogP contribution in [0.15, 0.2) is 0 Å². The molecule has 82 valence electrons. The van der Waals surface area contributed by atoms with E-state index in [-0.39, 0.29) is 11.1 Å². The van der Waals surface area contributed by atoms with E-state index < -0.39 is 0 Å². The fourth-order valence-electron chi connectivity index (χ4n) is 1.29. The third-order valence-corrected chi connectivity index (χ3v) is 4.10. The van der Waals surface area contributed by atoms with Crippen LogP contribution in [0.4, 0.5) is 0 Å². The van der Waals surface area contributed by atoms with E-state index in [1.807, 2.05) is 0 Å². The lowest BCUT2D eigenvalue weighted by atomic mass is 10.1. The van der Waals surface area contributed by atoms with Crippen molar-refractivity contribution in [3.8, 4) is 0 Å². The summed E-state index contributed by atoms with van der Waals surface area (Å²) in [5.74, 6) is 1.31. The fraction of sp³-hybridized carbons (Fsp3) is 1.00. The zero-order valence-electron chi connectivity index (χ0n) is 9.60. The molecule has 0 heterocycles. The lowest BCUT2D eigenvalue weighted by Crippen LogP contribution is -2.11. The topological polar surface area (TPSA) is 12.0 Å². The average Bonchev–Trinajstić information content (AvgIpc) is 2.16. The highest BCUT2D eigenvalue weighted by molar-refractivity contribution is 8.14. The molecule has 0 rings (SSSR count). The van der Waals surface area contributed by atoms with Gasteiger partial charge in [-0.25, -0.2) is 11.1 Å². The molecule has 0 bridgehead atoms. The Hall–Kier alpha value is 0.310. The van der Waals surface area contributed by atoms with Crippen molar-refractivity contribution in [1.82, 2.24) is 4.72 Å². The van der Waals surface area contributed by atoms with Gasteiger partial charge in [-0.3, -0.25) is 4.72 Å². The monoisotopic (exact) mass is 205 g/mol. The van der Waals surface area contributed by atoms with Crippen LogP contribution in [0.2, 0.25) is 0 Å². The van der Waals surface area contributed by atoms with Crippen LogP contribution in [0, 0.1) is 0 Å². The van der Waals surface area contributed by atoms with Crippen LogP contribution in [0.5, 0.6) is 0 Å². The van der Waals surface area contributed by atoms with Gasteiger partial charge in [0.15, 0.2) is 0 Å². The summed E-state index contributed by atoms with van der Waals surface area (Å²) in [4.78, 5) is 0. The third kappa shape index (κ3) is 10.2. The maximum absolute atomic E-state index is 3.59. The van der Waals surface area contributed by atoms with Crippen LogP contribution in [0.1, 0.15) is 52.4 Å². The smallest absolute Gasteiger partial charge is 0.00411 e. The molecule has 0 aliphatic heterocycles. The Bertz CT molecular complexity index is 96.1. The second-order valence-electron chi connectivity index (χ2n) is 3.69. The molecule has 0 spiro atoms. The van der Waals surface area contributed by atoms with Crippen molar-refractivity contribution in [3.63, 3.8) is 0 Å². The predicted molar refractivity (Wildman–Crippen MR) is 66.8 cm³/mol. The molecule has 1 nitrogen and oxygen atoms in total. The summed E-state index contributed by atoms with van der Waals surface area (Å²) in [6.07, 6.45) is 10.8. The predicted octanol–water partition coefficient (Wildman–Crippen LogP) is 3.50. The first-order valence-corrected chi connectivity index (χ1v) is 7.73. The van der Waals surface area contributed by atoms with Gasteiger partial charge < -0.3 is 0 Å². The van der Waals surface area contributed by atoms with E-state index in [0.29, 0.717) is 0 Å². The SMILES string of the molecule is CCCCCCCCN[SH](C)CC. The van der Waals surface area contributed by atoms with Gasteiger partial charge in [-0.2, -0.15) is 0 Å².